The van der Waals surface area contributed by atoms with Crippen LogP contribution < -0.4 is 5.73 Å². The number of amides is 2. The summed E-state index contributed by atoms with van der Waals surface area (Å²) in [5.41, 5.74) is 6.71. The quantitative estimate of drug-likeness (QED) is 0.939. The van der Waals surface area contributed by atoms with E-state index in [-0.39, 0.29) is 17.5 Å². The summed E-state index contributed by atoms with van der Waals surface area (Å²) in [5, 5.41) is 0. The summed E-state index contributed by atoms with van der Waals surface area (Å²) in [4.78, 5) is 30.4. The van der Waals surface area contributed by atoms with Crippen LogP contribution in [0.15, 0.2) is 34.9 Å². The fraction of sp³-hybridized carbons (Fsp3) is 0.312. The van der Waals surface area contributed by atoms with Crippen molar-refractivity contribution in [2.24, 2.45) is 5.73 Å². The molecule has 2 N–H and O–H groups in total. The Morgan fingerprint density at radius 2 is 2.05 bits per heavy atom. The van der Waals surface area contributed by atoms with Crippen LogP contribution in [0.2, 0.25) is 0 Å². The molecule has 1 atom stereocenters. The highest BCUT2D eigenvalue weighted by molar-refractivity contribution is 6.06. The molecule has 22 heavy (non-hydrogen) atoms. The lowest BCUT2D eigenvalue weighted by atomic mass is 10.1. The molecular weight excluding hydrogens is 282 g/mol. The predicted molar refractivity (Wildman–Crippen MR) is 79.2 cm³/mol. The van der Waals surface area contributed by atoms with Crippen LogP contribution in [0, 0.1) is 6.92 Å². The minimum absolute atomic E-state index is 0.192. The van der Waals surface area contributed by atoms with Gasteiger partial charge in [0.25, 0.3) is 5.91 Å². The van der Waals surface area contributed by atoms with E-state index in [1.54, 1.807) is 35.4 Å². The zero-order chi connectivity index (χ0) is 15.7. The van der Waals surface area contributed by atoms with Crippen molar-refractivity contribution in [1.29, 1.82) is 0 Å². The number of nitrogens with zero attached hydrogens (tertiary/aromatic N) is 2. The third-order valence-corrected chi connectivity index (χ3v) is 3.86. The van der Waals surface area contributed by atoms with Crippen LogP contribution in [0.4, 0.5) is 0 Å². The van der Waals surface area contributed by atoms with Gasteiger partial charge >= 0.3 is 0 Å². The standard InChI is InChI=1S/C16H17N3O3/c1-10-9-22-15(18-10)13-7-4-8-19(13)16(21)12-6-3-2-5-11(12)14(17)20/h2-3,5-6,9,13H,4,7-8H2,1H3,(H2,17,20). The molecule has 2 amide bonds. The van der Waals surface area contributed by atoms with Gasteiger partial charge in [0.15, 0.2) is 0 Å². The van der Waals surface area contributed by atoms with Gasteiger partial charge < -0.3 is 15.1 Å². The van der Waals surface area contributed by atoms with Crippen LogP contribution in [0.3, 0.4) is 0 Å². The monoisotopic (exact) mass is 299 g/mol. The molecule has 0 spiro atoms. The largest absolute Gasteiger partial charge is 0.446 e. The number of oxazole rings is 1. The highest BCUT2D eigenvalue weighted by atomic mass is 16.3. The summed E-state index contributed by atoms with van der Waals surface area (Å²) in [6.45, 7) is 2.45. The van der Waals surface area contributed by atoms with Crippen molar-refractivity contribution in [2.75, 3.05) is 6.54 Å². The van der Waals surface area contributed by atoms with E-state index < -0.39 is 5.91 Å². The minimum Gasteiger partial charge on any atom is -0.446 e. The van der Waals surface area contributed by atoms with E-state index in [1.807, 2.05) is 6.92 Å². The molecule has 0 saturated carbocycles. The summed E-state index contributed by atoms with van der Waals surface area (Å²) in [5.74, 6) is -0.278. The summed E-state index contributed by atoms with van der Waals surface area (Å²) in [7, 11) is 0. The van der Waals surface area contributed by atoms with Crippen molar-refractivity contribution < 1.29 is 14.0 Å². The maximum atomic E-state index is 12.8. The topological polar surface area (TPSA) is 89.4 Å². The van der Waals surface area contributed by atoms with E-state index in [4.69, 9.17) is 10.2 Å². The molecule has 1 aromatic heterocycles. The molecule has 3 rings (SSSR count). The van der Waals surface area contributed by atoms with E-state index >= 15 is 0 Å². The Balaban J connectivity index is 1.93. The lowest BCUT2D eigenvalue weighted by molar-refractivity contribution is 0.0711. The second kappa shape index (κ2) is 5.63. The van der Waals surface area contributed by atoms with Gasteiger partial charge in [0.05, 0.1) is 16.8 Å². The molecule has 6 nitrogen and oxygen atoms in total. The van der Waals surface area contributed by atoms with Gasteiger partial charge in [-0.3, -0.25) is 9.59 Å². The third kappa shape index (κ3) is 2.47. The highest BCUT2D eigenvalue weighted by Gasteiger charge is 2.34. The Morgan fingerprint density at radius 3 is 2.68 bits per heavy atom. The van der Waals surface area contributed by atoms with Gasteiger partial charge in [-0.1, -0.05) is 12.1 Å². The molecule has 1 aliphatic rings. The minimum atomic E-state index is -0.605. The Bertz CT molecular complexity index is 723. The fourth-order valence-corrected chi connectivity index (χ4v) is 2.83. The zero-order valence-corrected chi connectivity index (χ0v) is 12.3. The fourth-order valence-electron chi connectivity index (χ4n) is 2.83. The molecule has 2 heterocycles. The van der Waals surface area contributed by atoms with Gasteiger partial charge in [-0.2, -0.15) is 0 Å². The van der Waals surface area contributed by atoms with E-state index in [2.05, 4.69) is 4.98 Å². The summed E-state index contributed by atoms with van der Waals surface area (Å²) < 4.78 is 5.45. The van der Waals surface area contributed by atoms with E-state index in [9.17, 15) is 9.59 Å². The average molecular weight is 299 g/mol. The number of carbonyl (C=O) groups is 2. The first kappa shape index (κ1) is 14.3. The van der Waals surface area contributed by atoms with Crippen molar-refractivity contribution in [1.82, 2.24) is 9.88 Å². The number of hydrogen-bond acceptors (Lipinski definition) is 4. The molecule has 1 aromatic carbocycles. The third-order valence-electron chi connectivity index (χ3n) is 3.86. The first-order chi connectivity index (χ1) is 10.6. The van der Waals surface area contributed by atoms with Gasteiger partial charge in [-0.05, 0) is 31.9 Å². The van der Waals surface area contributed by atoms with Crippen LogP contribution in [0.25, 0.3) is 0 Å². The SMILES string of the molecule is Cc1coc(C2CCCN2C(=O)c2ccccc2C(N)=O)n1. The summed E-state index contributed by atoms with van der Waals surface area (Å²) >= 11 is 0. The van der Waals surface area contributed by atoms with Crippen molar-refractivity contribution in [3.05, 3.63) is 53.2 Å². The molecule has 1 fully saturated rings. The van der Waals surface area contributed by atoms with Crippen LogP contribution in [-0.2, 0) is 0 Å². The number of rotatable bonds is 3. The highest BCUT2D eigenvalue weighted by Crippen LogP contribution is 2.33. The lowest BCUT2D eigenvalue weighted by Gasteiger charge is -2.23. The maximum Gasteiger partial charge on any atom is 0.255 e. The molecule has 1 saturated heterocycles. The Hall–Kier alpha value is -2.63. The number of hydrogen-bond donors (Lipinski definition) is 1. The Morgan fingerprint density at radius 1 is 1.32 bits per heavy atom. The molecule has 0 bridgehead atoms. The van der Waals surface area contributed by atoms with Crippen LogP contribution in [0.5, 0.6) is 0 Å². The predicted octanol–water partition coefficient (Wildman–Crippen LogP) is 2.06. The van der Waals surface area contributed by atoms with Crippen LogP contribution in [-0.4, -0.2) is 28.2 Å². The number of primary amides is 1. The maximum absolute atomic E-state index is 12.8. The van der Waals surface area contributed by atoms with Gasteiger partial charge in [0, 0.05) is 6.54 Å². The van der Waals surface area contributed by atoms with Crippen LogP contribution >= 0.6 is 0 Å². The Kier molecular flexibility index (Phi) is 3.66. The molecular formula is C16H17N3O3. The number of nitrogens with two attached hydrogens (primary N) is 1. The van der Waals surface area contributed by atoms with E-state index in [0.29, 0.717) is 18.0 Å². The number of likely N-dealkylation sites (tertiary alicyclic amines) is 1. The zero-order valence-electron chi connectivity index (χ0n) is 12.3. The van der Waals surface area contributed by atoms with Crippen molar-refractivity contribution >= 4 is 11.8 Å². The Labute approximate surface area is 127 Å². The molecule has 0 aliphatic carbocycles. The average Bonchev–Trinajstić information content (AvgIpc) is 3.14. The molecule has 1 unspecified atom stereocenters. The molecule has 2 aromatic rings. The van der Waals surface area contributed by atoms with Crippen molar-refractivity contribution in [3.8, 4) is 0 Å². The van der Waals surface area contributed by atoms with E-state index in [0.717, 1.165) is 18.5 Å². The van der Waals surface area contributed by atoms with Gasteiger partial charge in [-0.25, -0.2) is 4.98 Å². The second-order valence-corrected chi connectivity index (χ2v) is 5.39. The first-order valence-electron chi connectivity index (χ1n) is 7.19. The normalized spacial score (nSPS) is 17.7. The molecule has 6 heteroatoms. The van der Waals surface area contributed by atoms with Crippen molar-refractivity contribution in [3.63, 3.8) is 0 Å². The van der Waals surface area contributed by atoms with Gasteiger partial charge in [0.2, 0.25) is 11.8 Å². The first-order valence-corrected chi connectivity index (χ1v) is 7.19. The molecule has 1 aliphatic heterocycles. The van der Waals surface area contributed by atoms with Gasteiger partial charge in [0.1, 0.15) is 12.3 Å². The summed E-state index contributed by atoms with van der Waals surface area (Å²) in [6, 6.07) is 6.41. The number of aryl methyl sites for hydroxylation is 1. The van der Waals surface area contributed by atoms with Crippen LogP contribution in [0.1, 0.15) is 51.2 Å². The number of carbonyl (C=O) groups excluding carboxylic acids is 2. The molecule has 114 valence electrons. The second-order valence-electron chi connectivity index (χ2n) is 5.39. The summed E-state index contributed by atoms with van der Waals surface area (Å²) in [6.07, 6.45) is 3.24. The van der Waals surface area contributed by atoms with Crippen molar-refractivity contribution in [2.45, 2.75) is 25.8 Å². The van der Waals surface area contributed by atoms with Gasteiger partial charge in [-0.15, -0.1) is 0 Å². The lowest BCUT2D eigenvalue weighted by Crippen LogP contribution is -2.32. The number of aromatic nitrogens is 1. The number of benzene rings is 1. The molecule has 0 radical (unpaired) electrons. The van der Waals surface area contributed by atoms with E-state index in [1.165, 1.54) is 0 Å². The smallest absolute Gasteiger partial charge is 0.255 e.